The first-order valence-electron chi connectivity index (χ1n) is 11.1. The lowest BCUT2D eigenvalue weighted by Gasteiger charge is -2.19. The fraction of sp³-hybridized carbons (Fsp3) is 0.276. The molecule has 3 rings (SSSR count). The van der Waals surface area contributed by atoms with Gasteiger partial charge in [-0.3, -0.25) is 0 Å². The van der Waals surface area contributed by atoms with Crippen molar-refractivity contribution in [3.63, 3.8) is 0 Å². The molecule has 0 N–H and O–H groups in total. The van der Waals surface area contributed by atoms with Crippen LogP contribution in [0.25, 0.3) is 0 Å². The maximum Gasteiger partial charge on any atom is 0.345 e. The van der Waals surface area contributed by atoms with Gasteiger partial charge >= 0.3 is 5.97 Å². The normalized spacial score (nSPS) is 11.0. The summed E-state index contributed by atoms with van der Waals surface area (Å²) in [5.41, 5.74) is 1.16. The number of hydrogen-bond acceptors (Lipinski definition) is 3. The Labute approximate surface area is 200 Å². The van der Waals surface area contributed by atoms with Crippen LogP contribution in [0.15, 0.2) is 87.5 Å². The van der Waals surface area contributed by atoms with Gasteiger partial charge in [0.05, 0.1) is 10.9 Å². The van der Waals surface area contributed by atoms with Crippen LogP contribution in [-0.4, -0.2) is 18.2 Å². The standard InChI is InChI=1S/C29H31O3S/c1-6-7-18-29(4,5)32-27(30)21-31-28-22(2)19-26(20-23(28)3)33(24-14-10-8-11-15-24)25-16-12-9-13-17-25/h8-17,19-20H,6,21H2,1-5H3/q+1. The first-order valence-corrected chi connectivity index (χ1v) is 12.3. The summed E-state index contributed by atoms with van der Waals surface area (Å²) in [6.45, 7) is 9.42. The lowest BCUT2D eigenvalue weighted by molar-refractivity contribution is -0.154. The summed E-state index contributed by atoms with van der Waals surface area (Å²) in [7, 11) is -0.235. The number of ether oxygens (including phenoxy) is 2. The van der Waals surface area contributed by atoms with Crippen molar-refractivity contribution in [1.82, 2.24) is 0 Å². The van der Waals surface area contributed by atoms with Crippen LogP contribution in [0, 0.1) is 25.7 Å². The Bertz CT molecular complexity index is 1080. The van der Waals surface area contributed by atoms with Gasteiger partial charge in [0.1, 0.15) is 5.75 Å². The van der Waals surface area contributed by atoms with E-state index < -0.39 is 11.6 Å². The van der Waals surface area contributed by atoms with E-state index in [1.165, 1.54) is 14.7 Å². The number of rotatable bonds is 7. The molecule has 0 amide bonds. The SMILES string of the molecule is CCC#CC(C)(C)OC(=O)COc1c(C)cc([S+](c2ccccc2)c2ccccc2)cc1C. The van der Waals surface area contributed by atoms with Crippen molar-refractivity contribution in [2.75, 3.05) is 6.61 Å². The minimum atomic E-state index is -0.829. The third-order valence-corrected chi connectivity index (χ3v) is 7.09. The Kier molecular flexibility index (Phi) is 8.25. The topological polar surface area (TPSA) is 35.5 Å². The van der Waals surface area contributed by atoms with Crippen LogP contribution in [-0.2, 0) is 20.4 Å². The average Bonchev–Trinajstić information content (AvgIpc) is 2.78. The first kappa shape index (κ1) is 24.5. The van der Waals surface area contributed by atoms with Crippen LogP contribution >= 0.6 is 0 Å². The van der Waals surface area contributed by atoms with Crippen LogP contribution in [0.2, 0.25) is 0 Å². The van der Waals surface area contributed by atoms with Gasteiger partial charge in [0.2, 0.25) is 0 Å². The summed E-state index contributed by atoms with van der Waals surface area (Å²) in [6, 6.07) is 25.4. The zero-order chi connectivity index (χ0) is 23.8. The van der Waals surface area contributed by atoms with Crippen LogP contribution in [0.5, 0.6) is 5.75 Å². The van der Waals surface area contributed by atoms with Gasteiger partial charge in [-0.2, -0.15) is 0 Å². The zero-order valence-electron chi connectivity index (χ0n) is 20.0. The molecule has 0 unspecified atom stereocenters. The molecular formula is C29H31O3S+. The van der Waals surface area contributed by atoms with Crippen LogP contribution in [0.3, 0.4) is 0 Å². The van der Waals surface area contributed by atoms with Crippen molar-refractivity contribution in [1.29, 1.82) is 0 Å². The van der Waals surface area contributed by atoms with Gasteiger partial charge in [-0.25, -0.2) is 4.79 Å². The summed E-state index contributed by atoms with van der Waals surface area (Å²) < 4.78 is 11.4. The molecule has 3 aromatic carbocycles. The Hall–Kier alpha value is -3.16. The number of aryl methyl sites for hydroxylation is 2. The predicted octanol–water partition coefficient (Wildman–Crippen LogP) is 6.51. The molecule has 3 nitrogen and oxygen atoms in total. The molecule has 33 heavy (non-hydrogen) atoms. The molecule has 0 aliphatic heterocycles. The maximum atomic E-state index is 12.3. The highest BCUT2D eigenvalue weighted by Crippen LogP contribution is 2.35. The Balaban J connectivity index is 1.83. The number of carbonyl (C=O) groups is 1. The highest BCUT2D eigenvalue weighted by Gasteiger charge is 2.30. The summed E-state index contributed by atoms with van der Waals surface area (Å²) >= 11 is 0. The molecule has 4 heteroatoms. The van der Waals surface area contributed by atoms with Crippen LogP contribution in [0.4, 0.5) is 0 Å². The molecule has 0 aliphatic carbocycles. The van der Waals surface area contributed by atoms with E-state index in [1.807, 2.05) is 32.9 Å². The Morgan fingerprint density at radius 2 is 1.39 bits per heavy atom. The molecule has 0 saturated carbocycles. The molecule has 3 aromatic rings. The van der Waals surface area contributed by atoms with E-state index in [0.717, 1.165) is 23.3 Å². The second-order valence-corrected chi connectivity index (χ2v) is 10.3. The van der Waals surface area contributed by atoms with Gasteiger partial charge in [0, 0.05) is 18.6 Å². The van der Waals surface area contributed by atoms with Crippen LogP contribution < -0.4 is 4.74 Å². The second kappa shape index (κ2) is 11.1. The largest absolute Gasteiger partial charge is 0.481 e. The molecule has 0 spiro atoms. The van der Waals surface area contributed by atoms with Crippen molar-refractivity contribution in [2.45, 2.75) is 61.3 Å². The third kappa shape index (κ3) is 6.66. The molecule has 0 fully saturated rings. The average molecular weight is 460 g/mol. The smallest absolute Gasteiger partial charge is 0.345 e. The van der Waals surface area contributed by atoms with E-state index >= 15 is 0 Å². The summed E-state index contributed by atoms with van der Waals surface area (Å²) in [5, 5.41) is 0. The molecule has 0 bridgehead atoms. The lowest BCUT2D eigenvalue weighted by Crippen LogP contribution is -2.29. The quantitative estimate of drug-likeness (QED) is 0.229. The highest BCUT2D eigenvalue weighted by atomic mass is 32.2. The number of hydrogen-bond donors (Lipinski definition) is 0. The minimum absolute atomic E-state index is 0.151. The van der Waals surface area contributed by atoms with E-state index in [2.05, 4.69) is 72.5 Å². The molecule has 0 atom stereocenters. The number of esters is 1. The Morgan fingerprint density at radius 1 is 0.879 bits per heavy atom. The van der Waals surface area contributed by atoms with Crippen molar-refractivity contribution in [2.24, 2.45) is 0 Å². The summed E-state index contributed by atoms with van der Waals surface area (Å²) in [6.07, 6.45) is 0.718. The van der Waals surface area contributed by atoms with Gasteiger partial charge in [-0.05, 0) is 63.1 Å². The Morgan fingerprint density at radius 3 is 1.88 bits per heavy atom. The molecule has 0 aliphatic rings. The number of benzene rings is 3. The van der Waals surface area contributed by atoms with Crippen molar-refractivity contribution in [3.8, 4) is 17.6 Å². The molecule has 0 saturated heterocycles. The minimum Gasteiger partial charge on any atom is -0.481 e. The zero-order valence-corrected chi connectivity index (χ0v) is 20.8. The monoisotopic (exact) mass is 459 g/mol. The van der Waals surface area contributed by atoms with Crippen LogP contribution in [0.1, 0.15) is 38.3 Å². The van der Waals surface area contributed by atoms with Gasteiger partial charge in [0.25, 0.3) is 0 Å². The van der Waals surface area contributed by atoms with Gasteiger partial charge in [-0.15, -0.1) is 0 Å². The fourth-order valence-corrected chi connectivity index (χ4v) is 5.81. The fourth-order valence-electron chi connectivity index (χ4n) is 3.55. The second-order valence-electron chi connectivity index (χ2n) is 8.25. The van der Waals surface area contributed by atoms with Crippen molar-refractivity contribution >= 4 is 16.9 Å². The molecular weight excluding hydrogens is 428 g/mol. The van der Waals surface area contributed by atoms with E-state index in [-0.39, 0.29) is 17.5 Å². The number of carbonyl (C=O) groups excluding carboxylic acids is 1. The van der Waals surface area contributed by atoms with E-state index in [0.29, 0.717) is 0 Å². The predicted molar refractivity (Wildman–Crippen MR) is 135 cm³/mol. The van der Waals surface area contributed by atoms with Crippen molar-refractivity contribution in [3.05, 3.63) is 83.9 Å². The van der Waals surface area contributed by atoms with Crippen molar-refractivity contribution < 1.29 is 14.3 Å². The summed E-state index contributed by atoms with van der Waals surface area (Å²) in [4.78, 5) is 16.1. The molecule has 0 heterocycles. The maximum absolute atomic E-state index is 12.3. The summed E-state index contributed by atoms with van der Waals surface area (Å²) in [5.74, 6) is 6.22. The van der Waals surface area contributed by atoms with Gasteiger partial charge in [-0.1, -0.05) is 55.2 Å². The first-order chi connectivity index (χ1) is 15.8. The van der Waals surface area contributed by atoms with Gasteiger partial charge in [0.15, 0.2) is 26.9 Å². The highest BCUT2D eigenvalue weighted by molar-refractivity contribution is 7.97. The third-order valence-electron chi connectivity index (χ3n) is 4.90. The van der Waals surface area contributed by atoms with E-state index in [9.17, 15) is 4.79 Å². The molecule has 170 valence electrons. The molecule has 0 aromatic heterocycles. The van der Waals surface area contributed by atoms with E-state index in [4.69, 9.17) is 9.47 Å². The van der Waals surface area contributed by atoms with E-state index in [1.54, 1.807) is 13.8 Å². The lowest BCUT2D eigenvalue weighted by atomic mass is 10.1. The molecule has 0 radical (unpaired) electrons. The van der Waals surface area contributed by atoms with Gasteiger partial charge < -0.3 is 9.47 Å².